The fraction of sp³-hybridized carbons (Fsp3) is 0.174. The number of pyridine rings is 2. The molecule has 160 valence electrons. The lowest BCUT2D eigenvalue weighted by molar-refractivity contribution is 0.0719. The van der Waals surface area contributed by atoms with Gasteiger partial charge in [0, 0.05) is 60.1 Å². The summed E-state index contributed by atoms with van der Waals surface area (Å²) < 4.78 is 1.75. The van der Waals surface area contributed by atoms with Crippen molar-refractivity contribution in [2.75, 3.05) is 5.73 Å². The summed E-state index contributed by atoms with van der Waals surface area (Å²) in [6.45, 7) is 1.90. The molecule has 0 aliphatic heterocycles. The van der Waals surface area contributed by atoms with Crippen LogP contribution in [0.4, 0.5) is 5.95 Å². The van der Waals surface area contributed by atoms with Gasteiger partial charge in [0.2, 0.25) is 5.95 Å². The van der Waals surface area contributed by atoms with Gasteiger partial charge in [-0.3, -0.25) is 9.67 Å². The van der Waals surface area contributed by atoms with Crippen LogP contribution in [0.1, 0.15) is 24.6 Å². The van der Waals surface area contributed by atoms with Crippen LogP contribution in [-0.4, -0.2) is 39.8 Å². The van der Waals surface area contributed by atoms with Crippen LogP contribution in [-0.2, 0) is 12.6 Å². The van der Waals surface area contributed by atoms with E-state index in [1.807, 2.05) is 32.4 Å². The number of nitrogens with zero attached hydrogens (tertiary/aromatic N) is 6. The lowest BCUT2D eigenvalue weighted by Gasteiger charge is -2.27. The third-order valence-electron chi connectivity index (χ3n) is 5.68. The molecule has 0 aromatic carbocycles. The number of aryl methyl sites for hydroxylation is 1. The second kappa shape index (κ2) is 7.54. The quantitative estimate of drug-likeness (QED) is 0.393. The van der Waals surface area contributed by atoms with Gasteiger partial charge in [0.1, 0.15) is 11.2 Å². The maximum atomic E-state index is 11.5. The molecule has 5 aromatic heterocycles. The zero-order valence-corrected chi connectivity index (χ0v) is 17.7. The van der Waals surface area contributed by atoms with E-state index in [1.54, 1.807) is 47.7 Å². The van der Waals surface area contributed by atoms with Crippen molar-refractivity contribution >= 4 is 17.0 Å². The number of fused-ring (bicyclic) bond motifs is 1. The molecule has 4 N–H and O–H groups in total. The van der Waals surface area contributed by atoms with E-state index in [0.29, 0.717) is 23.4 Å². The van der Waals surface area contributed by atoms with Crippen LogP contribution in [0, 0.1) is 0 Å². The van der Waals surface area contributed by atoms with Crippen molar-refractivity contribution in [3.8, 4) is 22.4 Å². The van der Waals surface area contributed by atoms with Crippen LogP contribution >= 0.6 is 0 Å². The van der Waals surface area contributed by atoms with Crippen molar-refractivity contribution in [1.29, 1.82) is 0 Å². The van der Waals surface area contributed by atoms with Crippen molar-refractivity contribution in [2.24, 2.45) is 7.05 Å². The highest BCUT2D eigenvalue weighted by Gasteiger charge is 2.32. The van der Waals surface area contributed by atoms with Gasteiger partial charge in [-0.1, -0.05) is 6.92 Å². The van der Waals surface area contributed by atoms with Gasteiger partial charge in [-0.25, -0.2) is 15.0 Å². The number of hydrogen-bond donors (Lipinski definition) is 3. The summed E-state index contributed by atoms with van der Waals surface area (Å²) in [7, 11) is 1.88. The Hall–Kier alpha value is -4.11. The van der Waals surface area contributed by atoms with Crippen molar-refractivity contribution < 1.29 is 5.11 Å². The number of nitrogens with one attached hydrogen (secondary N) is 1. The standard InChI is InChI=1S/C23H22N8O/c1-3-23(32,16-4-6-25-7-5-16)20-9-19(29-22(24)30-20)18-12-27-21-17(18)8-14(10-26-21)15-11-28-31(2)13-15/h4-13,32H,3H2,1-2H3,(H,26,27)(H2,24,29,30)/t23-/m1/s1. The van der Waals surface area contributed by atoms with Gasteiger partial charge in [0.15, 0.2) is 0 Å². The first-order valence-corrected chi connectivity index (χ1v) is 10.2. The van der Waals surface area contributed by atoms with Crippen molar-refractivity contribution in [3.05, 3.63) is 72.7 Å². The number of aliphatic hydroxyl groups is 1. The molecule has 0 aliphatic carbocycles. The number of aromatic amines is 1. The molecule has 0 fully saturated rings. The topological polar surface area (TPSA) is 131 Å². The molecule has 5 rings (SSSR count). The number of rotatable bonds is 5. The van der Waals surface area contributed by atoms with Gasteiger partial charge in [0.05, 0.1) is 17.6 Å². The summed E-state index contributed by atoms with van der Waals surface area (Å²) >= 11 is 0. The summed E-state index contributed by atoms with van der Waals surface area (Å²) in [6, 6.07) is 7.37. The Morgan fingerprint density at radius 1 is 1.12 bits per heavy atom. The Labute approximate surface area is 184 Å². The van der Waals surface area contributed by atoms with Crippen LogP contribution < -0.4 is 5.73 Å². The first kappa shape index (κ1) is 19.8. The minimum Gasteiger partial charge on any atom is -0.379 e. The molecule has 1 atom stereocenters. The van der Waals surface area contributed by atoms with Crippen molar-refractivity contribution in [2.45, 2.75) is 18.9 Å². The first-order valence-electron chi connectivity index (χ1n) is 10.2. The molecule has 0 aliphatic rings. The highest BCUT2D eigenvalue weighted by molar-refractivity contribution is 5.95. The Morgan fingerprint density at radius 2 is 1.94 bits per heavy atom. The number of H-pyrrole nitrogens is 1. The van der Waals surface area contributed by atoms with Gasteiger partial charge < -0.3 is 15.8 Å². The molecule has 0 unspecified atom stereocenters. The summed E-state index contributed by atoms with van der Waals surface area (Å²) in [4.78, 5) is 20.6. The Balaban J connectivity index is 1.65. The molecule has 0 saturated heterocycles. The normalized spacial score (nSPS) is 13.3. The monoisotopic (exact) mass is 426 g/mol. The van der Waals surface area contributed by atoms with E-state index in [-0.39, 0.29) is 5.95 Å². The lowest BCUT2D eigenvalue weighted by Crippen LogP contribution is -2.28. The maximum absolute atomic E-state index is 11.5. The molecule has 0 radical (unpaired) electrons. The minimum atomic E-state index is -1.32. The smallest absolute Gasteiger partial charge is 0.220 e. The average Bonchev–Trinajstić information content (AvgIpc) is 3.44. The largest absolute Gasteiger partial charge is 0.379 e. The highest BCUT2D eigenvalue weighted by atomic mass is 16.3. The highest BCUT2D eigenvalue weighted by Crippen LogP contribution is 2.35. The van der Waals surface area contributed by atoms with E-state index in [9.17, 15) is 5.11 Å². The number of nitrogen functional groups attached to an aromatic ring is 1. The predicted octanol–water partition coefficient (Wildman–Crippen LogP) is 3.04. The van der Waals surface area contributed by atoms with E-state index in [0.717, 1.165) is 27.7 Å². The first-order chi connectivity index (χ1) is 15.5. The Bertz CT molecular complexity index is 1410. The number of aromatic nitrogens is 7. The number of nitrogens with two attached hydrogens (primary N) is 1. The maximum Gasteiger partial charge on any atom is 0.220 e. The van der Waals surface area contributed by atoms with Gasteiger partial charge in [0.25, 0.3) is 0 Å². The molecule has 0 bridgehead atoms. The molecule has 9 nitrogen and oxygen atoms in total. The fourth-order valence-corrected chi connectivity index (χ4v) is 3.92. The summed E-state index contributed by atoms with van der Waals surface area (Å²) in [5.41, 5.74) is 9.94. The molecule has 32 heavy (non-hydrogen) atoms. The second-order valence-corrected chi connectivity index (χ2v) is 7.67. The summed E-state index contributed by atoms with van der Waals surface area (Å²) in [6.07, 6.45) is 11.1. The van der Waals surface area contributed by atoms with Crippen LogP contribution in [0.5, 0.6) is 0 Å². The second-order valence-electron chi connectivity index (χ2n) is 7.67. The zero-order valence-electron chi connectivity index (χ0n) is 17.7. The van der Waals surface area contributed by atoms with Crippen molar-refractivity contribution in [1.82, 2.24) is 34.7 Å². The summed E-state index contributed by atoms with van der Waals surface area (Å²) in [5.74, 6) is 0.0872. The molecule has 0 saturated carbocycles. The average molecular weight is 426 g/mol. The molecular weight excluding hydrogens is 404 g/mol. The van der Waals surface area contributed by atoms with E-state index in [2.05, 4.69) is 30.0 Å². The molecule has 9 heteroatoms. The molecule has 5 heterocycles. The van der Waals surface area contributed by atoms with Gasteiger partial charge in [-0.2, -0.15) is 5.10 Å². The van der Waals surface area contributed by atoms with Gasteiger partial charge in [-0.05, 0) is 36.2 Å². The molecule has 0 spiro atoms. The van der Waals surface area contributed by atoms with Crippen LogP contribution in [0.2, 0.25) is 0 Å². The summed E-state index contributed by atoms with van der Waals surface area (Å²) in [5, 5.41) is 16.6. The third kappa shape index (κ3) is 3.28. The van der Waals surface area contributed by atoms with E-state index < -0.39 is 5.60 Å². The lowest BCUT2D eigenvalue weighted by atomic mass is 9.87. The van der Waals surface area contributed by atoms with Gasteiger partial charge >= 0.3 is 0 Å². The van der Waals surface area contributed by atoms with Gasteiger partial charge in [-0.15, -0.1) is 0 Å². The van der Waals surface area contributed by atoms with Crippen LogP contribution in [0.15, 0.2) is 61.4 Å². The van der Waals surface area contributed by atoms with E-state index in [1.165, 1.54) is 0 Å². The fourth-order valence-electron chi connectivity index (χ4n) is 3.92. The van der Waals surface area contributed by atoms with E-state index in [4.69, 9.17) is 5.73 Å². The zero-order chi connectivity index (χ0) is 22.3. The minimum absolute atomic E-state index is 0.0872. The van der Waals surface area contributed by atoms with Crippen molar-refractivity contribution in [3.63, 3.8) is 0 Å². The Kier molecular flexibility index (Phi) is 4.67. The predicted molar refractivity (Wildman–Crippen MR) is 121 cm³/mol. The third-order valence-corrected chi connectivity index (χ3v) is 5.68. The SMILES string of the molecule is CC[C@@](O)(c1ccncc1)c1cc(-c2c[nH]c3ncc(-c4cnn(C)c4)cc23)nc(N)n1. The van der Waals surface area contributed by atoms with Crippen LogP contribution in [0.3, 0.4) is 0 Å². The van der Waals surface area contributed by atoms with Crippen LogP contribution in [0.25, 0.3) is 33.4 Å². The van der Waals surface area contributed by atoms with E-state index >= 15 is 0 Å². The molecule has 0 amide bonds. The molecular formula is C23H22N8O. The number of hydrogen-bond acceptors (Lipinski definition) is 7. The number of anilines is 1. The Morgan fingerprint density at radius 3 is 2.66 bits per heavy atom. The molecule has 5 aromatic rings.